The number of hydrogen-bond donors (Lipinski definition) is 0. The molecule has 0 saturated carbocycles. The quantitative estimate of drug-likeness (QED) is 0.124. The van der Waals surface area contributed by atoms with E-state index < -0.39 is 96.6 Å². The van der Waals surface area contributed by atoms with Crippen LogP contribution in [0.2, 0.25) is 0 Å². The Bertz CT molecular complexity index is 1850. The maximum Gasteiger partial charge on any atom is 0.317 e. The molecule has 5 aliphatic heterocycles. The van der Waals surface area contributed by atoms with Crippen molar-refractivity contribution in [3.8, 4) is 0 Å². The summed E-state index contributed by atoms with van der Waals surface area (Å²) in [5.41, 5.74) is 0. The largest absolute Gasteiger partial charge is 0.465 e. The van der Waals surface area contributed by atoms with E-state index in [1.54, 1.807) is 0 Å². The van der Waals surface area contributed by atoms with Gasteiger partial charge in [-0.3, -0.25) is 38.4 Å². The summed E-state index contributed by atoms with van der Waals surface area (Å²) in [7, 11) is 0. The van der Waals surface area contributed by atoms with Gasteiger partial charge in [0.05, 0.1) is 102 Å². The molecule has 0 amide bonds. The standard InChI is InChI=1S/C72H120O24/c1-69(2)89-53-33-17-9-25-41-81-61(73)49-63(75)83-43-27-11-19-35-55-57(93-70(3,4)91-55)37-21-13-29-45-85-65(77)51-67(79)87-47-31-15-23-39-59-60(96-72(7,8)95-59)40-24-16-32-48-88-68(80)52-66(78)86-46-30-14-22-38-58-56(92-71(5,6)94-58)36-20-12-28-44-84-64(76)50-62(74)82-42-26-10-18-34-54(53)90-69/h53-60H,9-52H2,1-8H3/t53-,54-,55-,56-,57-,58-,59-,60-/m0/s1. The Morgan fingerprint density at radius 2 is 0.302 bits per heavy atom. The minimum Gasteiger partial charge on any atom is -0.465 e. The van der Waals surface area contributed by atoms with Crippen LogP contribution in [0.4, 0.5) is 0 Å². The molecule has 0 spiro atoms. The van der Waals surface area contributed by atoms with E-state index in [1.165, 1.54) is 0 Å². The average molecular weight is 1370 g/mol. The lowest BCUT2D eigenvalue weighted by molar-refractivity contribution is -0.156. The van der Waals surface area contributed by atoms with Crippen molar-refractivity contribution < 1.29 is 114 Å². The van der Waals surface area contributed by atoms with E-state index >= 15 is 0 Å². The lowest BCUT2D eigenvalue weighted by atomic mass is 10.0. The first kappa shape index (κ1) is 82.1. The van der Waals surface area contributed by atoms with Crippen molar-refractivity contribution in [1.82, 2.24) is 0 Å². The molecule has 5 aliphatic rings. The van der Waals surface area contributed by atoms with Gasteiger partial charge in [0.15, 0.2) is 23.1 Å². The van der Waals surface area contributed by atoms with Gasteiger partial charge in [-0.05, 0) is 209 Å². The van der Waals surface area contributed by atoms with E-state index in [1.807, 2.05) is 55.4 Å². The number of ether oxygens (including phenoxy) is 16. The predicted octanol–water partition coefficient (Wildman–Crippen LogP) is 12.5. The number of carbonyl (C=O) groups excluding carboxylic acids is 8. The van der Waals surface area contributed by atoms with Gasteiger partial charge in [-0.15, -0.1) is 0 Å². The van der Waals surface area contributed by atoms with Gasteiger partial charge in [0.25, 0.3) is 0 Å². The zero-order valence-corrected chi connectivity index (χ0v) is 59.5. The van der Waals surface area contributed by atoms with Gasteiger partial charge < -0.3 is 75.8 Å². The summed E-state index contributed by atoms with van der Waals surface area (Å²) in [5.74, 6) is -7.72. The molecule has 0 aromatic heterocycles. The van der Waals surface area contributed by atoms with Crippen LogP contribution in [-0.2, 0) is 114 Å². The first-order valence-corrected chi connectivity index (χ1v) is 36.5. The summed E-state index contributed by atoms with van der Waals surface area (Å²) >= 11 is 0. The van der Waals surface area contributed by atoms with Crippen LogP contribution in [0.1, 0.15) is 287 Å². The number of esters is 8. The molecule has 5 rings (SSSR count). The summed E-state index contributed by atoms with van der Waals surface area (Å²) in [5, 5.41) is 0. The monoisotopic (exact) mass is 1370 g/mol. The van der Waals surface area contributed by atoms with Crippen LogP contribution >= 0.6 is 0 Å². The fraction of sp³-hybridized carbons (Fsp3) is 0.889. The first-order chi connectivity index (χ1) is 45.8. The summed E-state index contributed by atoms with van der Waals surface area (Å²) < 4.78 is 92.5. The normalized spacial score (nSPS) is 30.8. The molecule has 0 radical (unpaired) electrons. The molecule has 5 fully saturated rings. The zero-order valence-electron chi connectivity index (χ0n) is 59.5. The van der Waals surface area contributed by atoms with Crippen molar-refractivity contribution in [1.29, 1.82) is 0 Å². The third kappa shape index (κ3) is 36.0. The molecular formula is C72H120O24. The SMILES string of the molecule is CC1(C)O[C@H]2CCCCCOC(=O)CC(=O)OCCCCC[C@@H]3OC(C)(C)O[C@H]3CCCCCOC(=O)CC(=O)OCCCCC[C@@H]3OC(C)(C)O[C@H]3CCCCCOC(=O)CC(=O)OCCCCC[C@@H]3OC(C)(C)O[C@H]3CCCCCOC(=O)CC(=O)OCCCCC[C@@H]2O1. The number of fused-ring (bicyclic) bond motifs is 4. The lowest BCUT2D eigenvalue weighted by Crippen LogP contribution is -2.22. The number of hydrogen-bond acceptors (Lipinski definition) is 24. The Kier molecular flexibility index (Phi) is 38.1. The van der Waals surface area contributed by atoms with Crippen molar-refractivity contribution in [2.75, 3.05) is 52.9 Å². The third-order valence-electron chi connectivity index (χ3n) is 17.5. The highest BCUT2D eigenvalue weighted by Crippen LogP contribution is 2.37. The van der Waals surface area contributed by atoms with Crippen LogP contribution in [0.25, 0.3) is 0 Å². The van der Waals surface area contributed by atoms with E-state index in [4.69, 9.17) is 75.8 Å². The topological polar surface area (TPSA) is 284 Å². The van der Waals surface area contributed by atoms with Crippen LogP contribution in [0.15, 0.2) is 0 Å². The highest BCUT2D eigenvalue weighted by Gasteiger charge is 2.44. The van der Waals surface area contributed by atoms with Crippen LogP contribution in [0, 0.1) is 0 Å². The molecule has 8 atom stereocenters. The molecule has 96 heavy (non-hydrogen) atoms. The van der Waals surface area contributed by atoms with Gasteiger partial charge in [-0.25, -0.2) is 0 Å². The van der Waals surface area contributed by atoms with Gasteiger partial charge in [0.1, 0.15) is 25.7 Å². The second-order valence-electron chi connectivity index (χ2n) is 28.1. The van der Waals surface area contributed by atoms with Crippen molar-refractivity contribution in [3.05, 3.63) is 0 Å². The van der Waals surface area contributed by atoms with E-state index in [9.17, 15) is 38.4 Å². The summed E-state index contributed by atoms with van der Waals surface area (Å²) in [6.07, 6.45) is 22.1. The molecule has 0 aliphatic carbocycles. The maximum absolute atomic E-state index is 12.4. The lowest BCUT2D eigenvalue weighted by Gasteiger charge is -2.17. The smallest absolute Gasteiger partial charge is 0.317 e. The van der Waals surface area contributed by atoms with Gasteiger partial charge in [0.2, 0.25) is 0 Å². The van der Waals surface area contributed by atoms with Gasteiger partial charge in [0, 0.05) is 0 Å². The van der Waals surface area contributed by atoms with E-state index in [2.05, 4.69) is 0 Å². The molecule has 0 N–H and O–H groups in total. The molecule has 0 aromatic rings. The second kappa shape index (κ2) is 44.5. The van der Waals surface area contributed by atoms with E-state index in [-0.39, 0.29) is 102 Å². The molecule has 5 saturated heterocycles. The van der Waals surface area contributed by atoms with E-state index in [0.29, 0.717) is 51.4 Å². The van der Waals surface area contributed by atoms with Gasteiger partial charge in [-0.2, -0.15) is 0 Å². The summed E-state index contributed by atoms with van der Waals surface area (Å²) in [4.78, 5) is 99.2. The van der Waals surface area contributed by atoms with Crippen molar-refractivity contribution in [2.24, 2.45) is 0 Å². The molecule has 0 aromatic carbocycles. The average Bonchev–Trinajstić information content (AvgIpc) is 1.74. The van der Waals surface area contributed by atoms with Crippen LogP contribution in [0.3, 0.4) is 0 Å². The number of carbonyl (C=O) groups is 8. The van der Waals surface area contributed by atoms with Crippen molar-refractivity contribution >= 4 is 47.8 Å². The van der Waals surface area contributed by atoms with Crippen molar-refractivity contribution in [3.63, 3.8) is 0 Å². The third-order valence-corrected chi connectivity index (χ3v) is 17.5. The van der Waals surface area contributed by atoms with Crippen LogP contribution in [-0.4, -0.2) is 173 Å². The van der Waals surface area contributed by atoms with Crippen LogP contribution < -0.4 is 0 Å². The van der Waals surface area contributed by atoms with Crippen molar-refractivity contribution in [2.45, 2.75) is 359 Å². The predicted molar refractivity (Wildman–Crippen MR) is 349 cm³/mol. The minimum atomic E-state index is -0.707. The highest BCUT2D eigenvalue weighted by molar-refractivity contribution is 5.92. The summed E-state index contributed by atoms with van der Waals surface area (Å²) in [6, 6.07) is 0. The molecule has 5 heterocycles. The van der Waals surface area contributed by atoms with E-state index in [0.717, 1.165) is 154 Å². The molecule has 0 unspecified atom stereocenters. The Balaban J connectivity index is 0.982. The summed E-state index contributed by atoms with van der Waals surface area (Å²) in [6.45, 7) is 16.9. The first-order valence-electron chi connectivity index (χ1n) is 36.5. The molecule has 552 valence electrons. The Hall–Kier alpha value is -4.56. The Morgan fingerprint density at radius 3 is 0.417 bits per heavy atom. The minimum absolute atomic E-state index is 0.0846. The fourth-order valence-electron chi connectivity index (χ4n) is 13.0. The second-order valence-corrected chi connectivity index (χ2v) is 28.1. The maximum atomic E-state index is 12.4. The molecule has 24 heteroatoms. The molecule has 24 nitrogen and oxygen atoms in total. The van der Waals surface area contributed by atoms with Gasteiger partial charge >= 0.3 is 47.8 Å². The van der Waals surface area contributed by atoms with Crippen LogP contribution in [0.5, 0.6) is 0 Å². The number of cyclic esters (lactones) is 8. The fourth-order valence-corrected chi connectivity index (χ4v) is 13.0. The molecule has 0 bridgehead atoms. The highest BCUT2D eigenvalue weighted by atomic mass is 16.8. The zero-order chi connectivity index (χ0) is 69.7. The number of rotatable bonds is 0. The van der Waals surface area contributed by atoms with Gasteiger partial charge in [-0.1, -0.05) is 51.4 Å². The Morgan fingerprint density at radius 1 is 0.188 bits per heavy atom. The Labute approximate surface area is 571 Å². The molecular weight excluding hydrogens is 1250 g/mol.